The summed E-state index contributed by atoms with van der Waals surface area (Å²) in [5.41, 5.74) is 0.232. The highest BCUT2D eigenvalue weighted by Gasteiger charge is 2.22. The molecule has 0 bridgehead atoms. The molecule has 0 radical (unpaired) electrons. The largest absolute Gasteiger partial charge is 0.480 e. The van der Waals surface area contributed by atoms with Gasteiger partial charge in [0.15, 0.2) is 9.84 Å². The Morgan fingerprint density at radius 1 is 1.17 bits per heavy atom. The van der Waals surface area contributed by atoms with Crippen LogP contribution in [0.2, 0.25) is 0 Å². The molecule has 0 fully saturated rings. The number of sulfone groups is 1. The van der Waals surface area contributed by atoms with Crippen LogP contribution in [0.15, 0.2) is 29.2 Å². The van der Waals surface area contributed by atoms with E-state index in [-0.39, 0.29) is 10.5 Å². The summed E-state index contributed by atoms with van der Waals surface area (Å²) in [6.07, 6.45) is 1.89. The van der Waals surface area contributed by atoms with Gasteiger partial charge in [0.2, 0.25) is 0 Å². The molecule has 0 aliphatic carbocycles. The van der Waals surface area contributed by atoms with E-state index in [1.807, 2.05) is 6.92 Å². The molecule has 23 heavy (non-hydrogen) atoms. The topological polar surface area (TPSA) is 101 Å². The predicted octanol–water partition coefficient (Wildman–Crippen LogP) is 2.24. The van der Waals surface area contributed by atoms with Crippen LogP contribution in [0.5, 0.6) is 0 Å². The Hall–Kier alpha value is -1.89. The average Bonchev–Trinajstić information content (AvgIpc) is 2.50. The Morgan fingerprint density at radius 3 is 2.17 bits per heavy atom. The highest BCUT2D eigenvalue weighted by atomic mass is 32.2. The van der Waals surface area contributed by atoms with Crippen molar-refractivity contribution in [2.45, 2.75) is 56.2 Å². The third-order valence-electron chi connectivity index (χ3n) is 3.52. The van der Waals surface area contributed by atoms with Crippen molar-refractivity contribution in [2.75, 3.05) is 0 Å². The predicted molar refractivity (Wildman–Crippen MR) is 87.2 cm³/mol. The molecule has 1 aromatic rings. The van der Waals surface area contributed by atoms with Gasteiger partial charge in [-0.2, -0.15) is 0 Å². The molecule has 128 valence electrons. The van der Waals surface area contributed by atoms with Gasteiger partial charge in [0.05, 0.1) is 10.1 Å². The molecule has 1 aromatic carbocycles. The van der Waals surface area contributed by atoms with Gasteiger partial charge in [0.1, 0.15) is 6.04 Å². The monoisotopic (exact) mass is 341 g/mol. The van der Waals surface area contributed by atoms with Crippen molar-refractivity contribution in [2.24, 2.45) is 0 Å². The molecule has 2 N–H and O–H groups in total. The molecule has 7 heteroatoms. The number of unbranched alkanes of at least 4 members (excludes halogenated alkanes) is 1. The number of benzene rings is 1. The third-order valence-corrected chi connectivity index (χ3v) is 5.69. The van der Waals surface area contributed by atoms with Crippen molar-refractivity contribution in [1.82, 2.24) is 5.32 Å². The summed E-state index contributed by atoms with van der Waals surface area (Å²) in [5, 5.41) is 11.0. The van der Waals surface area contributed by atoms with Crippen molar-refractivity contribution in [3.05, 3.63) is 29.8 Å². The average molecular weight is 341 g/mol. The highest BCUT2D eigenvalue weighted by molar-refractivity contribution is 7.92. The summed E-state index contributed by atoms with van der Waals surface area (Å²) in [6.45, 7) is 5.11. The highest BCUT2D eigenvalue weighted by Crippen LogP contribution is 2.16. The first-order valence-electron chi connectivity index (χ1n) is 7.57. The fraction of sp³-hybridized carbons (Fsp3) is 0.500. The number of carboxylic acid groups (broad SMARTS) is 1. The second kappa shape index (κ2) is 8.10. The lowest BCUT2D eigenvalue weighted by atomic mass is 10.1. The number of hydrogen-bond acceptors (Lipinski definition) is 4. The van der Waals surface area contributed by atoms with Gasteiger partial charge in [0.25, 0.3) is 5.91 Å². The van der Waals surface area contributed by atoms with E-state index < -0.39 is 33.0 Å². The second-order valence-electron chi connectivity index (χ2n) is 5.62. The Bertz CT molecular complexity index is 650. The fourth-order valence-corrected chi connectivity index (χ4v) is 3.04. The van der Waals surface area contributed by atoms with Crippen LogP contribution >= 0.6 is 0 Å². The molecule has 1 unspecified atom stereocenters. The lowest BCUT2D eigenvalue weighted by Gasteiger charge is -2.14. The summed E-state index contributed by atoms with van der Waals surface area (Å²) < 4.78 is 24.0. The molecule has 0 saturated carbocycles. The molecule has 1 rings (SSSR count). The Morgan fingerprint density at radius 2 is 1.74 bits per heavy atom. The number of amides is 1. The number of rotatable bonds is 8. The van der Waals surface area contributed by atoms with E-state index in [1.54, 1.807) is 13.8 Å². The van der Waals surface area contributed by atoms with E-state index in [9.17, 15) is 18.0 Å². The van der Waals surface area contributed by atoms with E-state index in [1.165, 1.54) is 24.3 Å². The van der Waals surface area contributed by atoms with Crippen LogP contribution < -0.4 is 5.32 Å². The van der Waals surface area contributed by atoms with Gasteiger partial charge in [-0.05, 0) is 44.5 Å². The smallest absolute Gasteiger partial charge is 0.326 e. The Balaban J connectivity index is 2.87. The van der Waals surface area contributed by atoms with Crippen molar-refractivity contribution < 1.29 is 23.1 Å². The minimum absolute atomic E-state index is 0.143. The van der Waals surface area contributed by atoms with E-state index in [0.717, 1.165) is 6.42 Å². The van der Waals surface area contributed by atoms with Crippen molar-refractivity contribution in [3.63, 3.8) is 0 Å². The summed E-state index contributed by atoms with van der Waals surface area (Å²) in [7, 11) is -3.39. The number of carboxylic acids is 1. The minimum Gasteiger partial charge on any atom is -0.480 e. The van der Waals surface area contributed by atoms with Crippen LogP contribution in [0.25, 0.3) is 0 Å². The normalized spacial score (nSPS) is 12.9. The summed E-state index contributed by atoms with van der Waals surface area (Å²) in [4.78, 5) is 23.4. The van der Waals surface area contributed by atoms with E-state index in [2.05, 4.69) is 5.32 Å². The number of carbonyl (C=O) groups is 2. The summed E-state index contributed by atoms with van der Waals surface area (Å²) >= 11 is 0. The van der Waals surface area contributed by atoms with Crippen molar-refractivity contribution in [1.29, 1.82) is 0 Å². The maximum Gasteiger partial charge on any atom is 0.326 e. The molecule has 6 nitrogen and oxygen atoms in total. The molecule has 1 amide bonds. The molecule has 0 spiro atoms. The van der Waals surface area contributed by atoms with Crippen LogP contribution in [-0.2, 0) is 14.6 Å². The van der Waals surface area contributed by atoms with Crippen LogP contribution in [0.3, 0.4) is 0 Å². The molecular formula is C16H23NO5S. The first kappa shape index (κ1) is 19.2. The van der Waals surface area contributed by atoms with E-state index in [4.69, 9.17) is 5.11 Å². The van der Waals surface area contributed by atoms with Gasteiger partial charge < -0.3 is 10.4 Å². The number of aliphatic carboxylic acids is 1. The Kier molecular flexibility index (Phi) is 6.75. The summed E-state index contributed by atoms with van der Waals surface area (Å²) in [5.74, 6) is -1.60. The van der Waals surface area contributed by atoms with Gasteiger partial charge >= 0.3 is 5.97 Å². The third kappa shape index (κ3) is 5.06. The maximum absolute atomic E-state index is 12.1. The number of carbonyl (C=O) groups excluding carboxylic acids is 1. The van der Waals surface area contributed by atoms with Crippen LogP contribution in [-0.4, -0.2) is 36.7 Å². The van der Waals surface area contributed by atoms with Crippen LogP contribution in [0, 0.1) is 0 Å². The maximum atomic E-state index is 12.1. The van der Waals surface area contributed by atoms with Crippen molar-refractivity contribution in [3.8, 4) is 0 Å². The minimum atomic E-state index is -3.39. The number of hydrogen-bond donors (Lipinski definition) is 2. The molecular weight excluding hydrogens is 318 g/mol. The van der Waals surface area contributed by atoms with Gasteiger partial charge in [0, 0.05) is 5.56 Å². The van der Waals surface area contributed by atoms with Gasteiger partial charge in [-0.1, -0.05) is 19.8 Å². The van der Waals surface area contributed by atoms with Crippen molar-refractivity contribution >= 4 is 21.7 Å². The molecule has 0 saturated heterocycles. The zero-order chi connectivity index (χ0) is 17.6. The lowest BCUT2D eigenvalue weighted by molar-refractivity contribution is -0.139. The van der Waals surface area contributed by atoms with E-state index >= 15 is 0 Å². The zero-order valence-electron chi connectivity index (χ0n) is 13.6. The SMILES string of the molecule is CCCCC(NC(=O)c1ccc(S(=O)(=O)C(C)C)cc1)C(=O)O. The van der Waals surface area contributed by atoms with Crippen LogP contribution in [0.4, 0.5) is 0 Å². The number of nitrogens with one attached hydrogen (secondary N) is 1. The second-order valence-corrected chi connectivity index (χ2v) is 8.13. The first-order valence-corrected chi connectivity index (χ1v) is 9.12. The van der Waals surface area contributed by atoms with Gasteiger partial charge in [-0.25, -0.2) is 13.2 Å². The Labute approximate surface area is 136 Å². The quantitative estimate of drug-likeness (QED) is 0.755. The molecule has 0 aliphatic heterocycles. The molecule has 0 heterocycles. The first-order chi connectivity index (χ1) is 10.7. The molecule has 0 aromatic heterocycles. The molecule has 0 aliphatic rings. The zero-order valence-corrected chi connectivity index (χ0v) is 14.4. The van der Waals surface area contributed by atoms with E-state index in [0.29, 0.717) is 12.8 Å². The van der Waals surface area contributed by atoms with Crippen LogP contribution in [0.1, 0.15) is 50.4 Å². The van der Waals surface area contributed by atoms with Gasteiger partial charge in [-0.3, -0.25) is 4.79 Å². The standard InChI is InChI=1S/C16H23NO5S/c1-4-5-6-14(16(19)20)17-15(18)12-7-9-13(10-8-12)23(21,22)11(2)3/h7-11,14H,4-6H2,1-3H3,(H,17,18)(H,19,20). The lowest BCUT2D eigenvalue weighted by Crippen LogP contribution is -2.40. The van der Waals surface area contributed by atoms with Gasteiger partial charge in [-0.15, -0.1) is 0 Å². The fourth-order valence-electron chi connectivity index (χ4n) is 1.98. The molecule has 1 atom stereocenters. The summed E-state index contributed by atoms with van der Waals surface area (Å²) in [6, 6.07) is 4.58.